The lowest BCUT2D eigenvalue weighted by atomic mass is 10.2. The molecule has 3 nitrogen and oxygen atoms in total. The monoisotopic (exact) mass is 363 g/mol. The molecule has 0 atom stereocenters. The molecule has 0 amide bonds. The van der Waals surface area contributed by atoms with Crippen molar-refractivity contribution in [1.29, 1.82) is 0 Å². The van der Waals surface area contributed by atoms with Crippen molar-refractivity contribution >= 4 is 34.5 Å². The van der Waals surface area contributed by atoms with Crippen LogP contribution in [0.1, 0.15) is 5.56 Å². The Morgan fingerprint density at radius 2 is 1.91 bits per heavy atom. The third kappa shape index (κ3) is 2.71. The molecule has 0 aliphatic carbocycles. The fourth-order valence-electron chi connectivity index (χ4n) is 1.86. The third-order valence-corrected chi connectivity index (χ3v) is 4.48. The number of thiophene rings is 1. The van der Waals surface area contributed by atoms with Crippen LogP contribution in [0.4, 0.5) is 13.2 Å². The van der Waals surface area contributed by atoms with E-state index in [4.69, 9.17) is 23.2 Å². The minimum atomic E-state index is -4.50. The lowest BCUT2D eigenvalue weighted by Crippen LogP contribution is -2.08. The maximum Gasteiger partial charge on any atom is 0.417 e. The van der Waals surface area contributed by atoms with Crippen LogP contribution in [0.3, 0.4) is 0 Å². The summed E-state index contributed by atoms with van der Waals surface area (Å²) in [6.07, 6.45) is -2.27. The summed E-state index contributed by atoms with van der Waals surface area (Å²) in [5.74, 6) is 0.110. The van der Waals surface area contributed by atoms with E-state index in [2.05, 4.69) is 10.1 Å². The summed E-state index contributed by atoms with van der Waals surface area (Å²) in [5.41, 5.74) is -0.307. The highest BCUT2D eigenvalue weighted by atomic mass is 35.5. The summed E-state index contributed by atoms with van der Waals surface area (Å²) >= 11 is 13.4. The standard InChI is InChI=1S/C13H6Cl2F3N3S/c14-8-2-4-22-11(8)10-1-3-20-21(10)12-9(15)5-7(6-19-12)13(16,17)18/h1-6H. The first kappa shape index (κ1) is 15.3. The van der Waals surface area contributed by atoms with Gasteiger partial charge in [0.15, 0.2) is 5.82 Å². The van der Waals surface area contributed by atoms with Gasteiger partial charge in [0.2, 0.25) is 0 Å². The Labute approximate surface area is 136 Å². The van der Waals surface area contributed by atoms with Gasteiger partial charge in [-0.25, -0.2) is 9.67 Å². The Kier molecular flexibility index (Phi) is 3.88. The first-order chi connectivity index (χ1) is 10.4. The molecule has 0 bridgehead atoms. The summed E-state index contributed by atoms with van der Waals surface area (Å²) in [5, 5.41) is 6.25. The number of aromatic nitrogens is 3. The van der Waals surface area contributed by atoms with Gasteiger partial charge >= 0.3 is 6.18 Å². The molecule has 0 N–H and O–H groups in total. The maximum atomic E-state index is 12.7. The summed E-state index contributed by atoms with van der Waals surface area (Å²) < 4.78 is 39.3. The smallest absolute Gasteiger partial charge is 0.235 e. The van der Waals surface area contributed by atoms with E-state index in [9.17, 15) is 13.2 Å². The molecule has 0 fully saturated rings. The van der Waals surface area contributed by atoms with Crippen molar-refractivity contribution in [1.82, 2.24) is 14.8 Å². The number of pyridine rings is 1. The minimum Gasteiger partial charge on any atom is -0.235 e. The number of halogens is 5. The topological polar surface area (TPSA) is 30.7 Å². The van der Waals surface area contributed by atoms with Gasteiger partial charge in [0.1, 0.15) is 0 Å². The quantitative estimate of drug-likeness (QED) is 0.616. The lowest BCUT2D eigenvalue weighted by molar-refractivity contribution is -0.137. The fraction of sp³-hybridized carbons (Fsp3) is 0.0769. The van der Waals surface area contributed by atoms with Crippen molar-refractivity contribution in [3.8, 4) is 16.4 Å². The Morgan fingerprint density at radius 3 is 2.50 bits per heavy atom. The minimum absolute atomic E-state index is 0.110. The lowest BCUT2D eigenvalue weighted by Gasteiger charge is -2.11. The molecular formula is C13H6Cl2F3N3S. The molecule has 3 aromatic heterocycles. The Morgan fingerprint density at radius 1 is 1.14 bits per heavy atom. The molecule has 0 spiro atoms. The zero-order valence-corrected chi connectivity index (χ0v) is 12.9. The van der Waals surface area contributed by atoms with Crippen LogP contribution in [-0.2, 0) is 6.18 Å². The van der Waals surface area contributed by atoms with Gasteiger partial charge in [0.25, 0.3) is 0 Å². The van der Waals surface area contributed by atoms with Gasteiger partial charge in [-0.1, -0.05) is 23.2 Å². The average Bonchev–Trinajstić information content (AvgIpc) is 3.05. The van der Waals surface area contributed by atoms with Crippen LogP contribution in [0.25, 0.3) is 16.4 Å². The highest BCUT2D eigenvalue weighted by Crippen LogP contribution is 2.36. The second kappa shape index (κ2) is 5.57. The predicted octanol–water partition coefficient (Wildman–Crippen LogP) is 5.32. The van der Waals surface area contributed by atoms with E-state index in [1.807, 2.05) is 0 Å². The number of rotatable bonds is 2. The number of alkyl halides is 3. The van der Waals surface area contributed by atoms with Crippen molar-refractivity contribution in [3.05, 3.63) is 51.6 Å². The Hall–Kier alpha value is -1.57. The summed E-state index contributed by atoms with van der Waals surface area (Å²) in [4.78, 5) is 4.53. The molecule has 0 radical (unpaired) electrons. The van der Waals surface area contributed by atoms with Gasteiger partial charge in [-0.05, 0) is 23.6 Å². The first-order valence-corrected chi connectivity index (χ1v) is 7.52. The summed E-state index contributed by atoms with van der Waals surface area (Å²) in [6, 6.07) is 4.24. The van der Waals surface area contributed by atoms with E-state index in [1.165, 1.54) is 22.2 Å². The van der Waals surface area contributed by atoms with Crippen LogP contribution >= 0.6 is 34.5 Å². The molecule has 9 heteroatoms. The fourth-order valence-corrected chi connectivity index (χ4v) is 3.27. The molecule has 0 saturated carbocycles. The average molecular weight is 364 g/mol. The SMILES string of the molecule is FC(F)(F)c1cnc(-n2nccc2-c2sccc2Cl)c(Cl)c1. The molecule has 22 heavy (non-hydrogen) atoms. The van der Waals surface area contributed by atoms with E-state index in [0.717, 1.165) is 17.1 Å². The zero-order chi connectivity index (χ0) is 15.9. The normalized spacial score (nSPS) is 11.9. The Bertz CT molecular complexity index is 826. The van der Waals surface area contributed by atoms with E-state index >= 15 is 0 Å². The van der Waals surface area contributed by atoms with Gasteiger partial charge in [0, 0.05) is 6.20 Å². The van der Waals surface area contributed by atoms with Gasteiger partial charge in [-0.15, -0.1) is 11.3 Å². The largest absolute Gasteiger partial charge is 0.417 e. The van der Waals surface area contributed by atoms with Crippen LogP contribution in [0.15, 0.2) is 36.0 Å². The van der Waals surface area contributed by atoms with Crippen molar-refractivity contribution in [2.24, 2.45) is 0 Å². The van der Waals surface area contributed by atoms with Crippen molar-refractivity contribution in [3.63, 3.8) is 0 Å². The van der Waals surface area contributed by atoms with Crippen LogP contribution in [0, 0.1) is 0 Å². The molecule has 3 rings (SSSR count). The zero-order valence-electron chi connectivity index (χ0n) is 10.6. The van der Waals surface area contributed by atoms with E-state index in [0.29, 0.717) is 10.7 Å². The van der Waals surface area contributed by atoms with E-state index in [1.54, 1.807) is 17.5 Å². The molecular weight excluding hydrogens is 358 g/mol. The van der Waals surface area contributed by atoms with Crippen molar-refractivity contribution in [2.45, 2.75) is 6.18 Å². The molecule has 0 saturated heterocycles. The van der Waals surface area contributed by atoms with Crippen LogP contribution in [0.5, 0.6) is 0 Å². The molecule has 3 aromatic rings. The van der Waals surface area contributed by atoms with Crippen molar-refractivity contribution in [2.75, 3.05) is 0 Å². The number of nitrogens with zero attached hydrogens (tertiary/aromatic N) is 3. The predicted molar refractivity (Wildman–Crippen MR) is 79.7 cm³/mol. The van der Waals surface area contributed by atoms with Crippen molar-refractivity contribution < 1.29 is 13.2 Å². The third-order valence-electron chi connectivity index (χ3n) is 2.84. The summed E-state index contributed by atoms with van der Waals surface area (Å²) in [7, 11) is 0. The molecule has 0 aliphatic heterocycles. The van der Waals surface area contributed by atoms with E-state index < -0.39 is 11.7 Å². The maximum absolute atomic E-state index is 12.7. The van der Waals surface area contributed by atoms with Crippen LogP contribution in [0.2, 0.25) is 10.0 Å². The number of hydrogen-bond acceptors (Lipinski definition) is 3. The second-order valence-electron chi connectivity index (χ2n) is 4.25. The first-order valence-electron chi connectivity index (χ1n) is 5.88. The van der Waals surface area contributed by atoms with Gasteiger partial charge in [-0.3, -0.25) is 0 Å². The molecule has 0 aliphatic rings. The molecule has 0 unspecified atom stereocenters. The van der Waals surface area contributed by atoms with E-state index in [-0.39, 0.29) is 10.8 Å². The summed E-state index contributed by atoms with van der Waals surface area (Å²) in [6.45, 7) is 0. The van der Waals surface area contributed by atoms with Crippen LogP contribution < -0.4 is 0 Å². The molecule has 3 heterocycles. The highest BCUT2D eigenvalue weighted by Gasteiger charge is 2.32. The van der Waals surface area contributed by atoms with Gasteiger partial charge in [-0.2, -0.15) is 18.3 Å². The molecule has 114 valence electrons. The Balaban J connectivity index is 2.11. The van der Waals surface area contributed by atoms with Gasteiger partial charge in [0.05, 0.1) is 32.4 Å². The highest BCUT2D eigenvalue weighted by molar-refractivity contribution is 7.14. The van der Waals surface area contributed by atoms with Crippen LogP contribution in [-0.4, -0.2) is 14.8 Å². The van der Waals surface area contributed by atoms with Gasteiger partial charge < -0.3 is 0 Å². The second-order valence-corrected chi connectivity index (χ2v) is 5.98. The number of hydrogen-bond donors (Lipinski definition) is 0. The molecule has 0 aromatic carbocycles.